The number of hydrogen-bond donors (Lipinski definition) is 0. The molecule has 2 saturated heterocycles. The normalized spacial score (nSPS) is 35.8. The van der Waals surface area contributed by atoms with Crippen LogP contribution in [-0.4, -0.2) is 30.7 Å². The number of hydrogen-bond acceptors (Lipinski definition) is 3. The van der Waals surface area contributed by atoms with Crippen molar-refractivity contribution in [1.82, 2.24) is 0 Å². The predicted octanol–water partition coefficient (Wildman–Crippen LogP) is 2.86. The third-order valence-electron chi connectivity index (χ3n) is 4.91. The van der Waals surface area contributed by atoms with E-state index in [9.17, 15) is 4.79 Å². The number of ether oxygens (including phenoxy) is 2. The molecule has 0 N–H and O–H groups in total. The Kier molecular flexibility index (Phi) is 3.71. The van der Waals surface area contributed by atoms with Gasteiger partial charge in [-0.3, -0.25) is 4.79 Å². The van der Waals surface area contributed by atoms with E-state index < -0.39 is 0 Å². The fourth-order valence-electron chi connectivity index (χ4n) is 3.88. The van der Waals surface area contributed by atoms with Crippen molar-refractivity contribution in [2.75, 3.05) is 13.2 Å². The lowest BCUT2D eigenvalue weighted by atomic mass is 9.74. The Morgan fingerprint density at radius 3 is 2.56 bits per heavy atom. The van der Waals surface area contributed by atoms with Gasteiger partial charge in [-0.05, 0) is 38.5 Å². The molecule has 102 valence electrons. The number of Topliss-reactive ketones (excluding diaryl/α,β-unsaturated/α-hetero) is 1. The van der Waals surface area contributed by atoms with E-state index in [1.165, 1.54) is 19.3 Å². The lowest BCUT2D eigenvalue weighted by molar-refractivity contribution is -0.149. The lowest BCUT2D eigenvalue weighted by Crippen LogP contribution is -2.45. The van der Waals surface area contributed by atoms with Crippen molar-refractivity contribution in [2.45, 2.75) is 69.5 Å². The number of rotatable bonds is 2. The van der Waals surface area contributed by atoms with Crippen molar-refractivity contribution in [2.24, 2.45) is 5.92 Å². The Bertz CT molecular complexity index is 295. The van der Waals surface area contributed by atoms with Crippen molar-refractivity contribution in [3.05, 3.63) is 0 Å². The van der Waals surface area contributed by atoms with E-state index in [0.717, 1.165) is 51.7 Å². The molecule has 0 aromatic carbocycles. The molecule has 0 bridgehead atoms. The molecule has 2 atom stereocenters. The second kappa shape index (κ2) is 5.30. The van der Waals surface area contributed by atoms with Crippen molar-refractivity contribution in [1.29, 1.82) is 0 Å². The summed E-state index contributed by atoms with van der Waals surface area (Å²) < 4.78 is 11.6. The molecule has 3 fully saturated rings. The Labute approximate surface area is 109 Å². The molecule has 0 amide bonds. The van der Waals surface area contributed by atoms with Gasteiger partial charge < -0.3 is 9.47 Å². The third kappa shape index (κ3) is 2.48. The molecule has 2 heterocycles. The zero-order chi connectivity index (χ0) is 12.4. The monoisotopic (exact) mass is 252 g/mol. The maximum atomic E-state index is 12.4. The van der Waals surface area contributed by atoms with Crippen LogP contribution >= 0.6 is 0 Å². The molecule has 3 nitrogen and oxygen atoms in total. The highest BCUT2D eigenvalue weighted by molar-refractivity contribution is 5.85. The molecular formula is C15H24O3. The highest BCUT2D eigenvalue weighted by Crippen LogP contribution is 2.41. The van der Waals surface area contributed by atoms with E-state index in [2.05, 4.69) is 0 Å². The van der Waals surface area contributed by atoms with E-state index >= 15 is 0 Å². The van der Waals surface area contributed by atoms with E-state index in [1.54, 1.807) is 0 Å². The second-order valence-electron chi connectivity index (χ2n) is 6.19. The summed E-state index contributed by atoms with van der Waals surface area (Å²) in [5.41, 5.74) is 0.0371. The van der Waals surface area contributed by atoms with Crippen LogP contribution < -0.4 is 0 Å². The summed E-state index contributed by atoms with van der Waals surface area (Å²) in [5, 5.41) is 0. The number of ketones is 1. The van der Waals surface area contributed by atoms with Gasteiger partial charge in [0.2, 0.25) is 0 Å². The third-order valence-corrected chi connectivity index (χ3v) is 4.91. The molecule has 1 saturated carbocycles. The SMILES string of the molecule is O=C(C1CCOC2(CCCCC2)C1)C1CCCO1. The van der Waals surface area contributed by atoms with Crippen LogP contribution in [0.3, 0.4) is 0 Å². The minimum Gasteiger partial charge on any atom is -0.375 e. The van der Waals surface area contributed by atoms with Crippen LogP contribution in [0.2, 0.25) is 0 Å². The fraction of sp³-hybridized carbons (Fsp3) is 0.933. The number of carbonyl (C=O) groups is 1. The molecule has 3 rings (SSSR count). The first kappa shape index (κ1) is 12.6. The van der Waals surface area contributed by atoms with Gasteiger partial charge in [0, 0.05) is 19.1 Å². The lowest BCUT2D eigenvalue weighted by Gasteiger charge is -2.43. The smallest absolute Gasteiger partial charge is 0.164 e. The molecule has 18 heavy (non-hydrogen) atoms. The van der Waals surface area contributed by atoms with Crippen molar-refractivity contribution >= 4 is 5.78 Å². The maximum absolute atomic E-state index is 12.4. The summed E-state index contributed by atoms with van der Waals surface area (Å²) in [6.07, 6.45) is 9.90. The zero-order valence-corrected chi connectivity index (χ0v) is 11.2. The first-order valence-corrected chi connectivity index (χ1v) is 7.58. The summed E-state index contributed by atoms with van der Waals surface area (Å²) in [5.74, 6) is 0.556. The van der Waals surface area contributed by atoms with Crippen LogP contribution in [-0.2, 0) is 14.3 Å². The summed E-state index contributed by atoms with van der Waals surface area (Å²) in [4.78, 5) is 12.4. The van der Waals surface area contributed by atoms with Crippen LogP contribution in [0, 0.1) is 5.92 Å². The summed E-state index contributed by atoms with van der Waals surface area (Å²) in [6.45, 7) is 1.54. The molecule has 1 aliphatic carbocycles. The molecule has 3 heteroatoms. The van der Waals surface area contributed by atoms with Gasteiger partial charge in [-0.1, -0.05) is 19.3 Å². The van der Waals surface area contributed by atoms with E-state index in [-0.39, 0.29) is 17.6 Å². The van der Waals surface area contributed by atoms with Gasteiger partial charge in [0.1, 0.15) is 6.10 Å². The summed E-state index contributed by atoms with van der Waals surface area (Å²) in [6, 6.07) is 0. The molecule has 0 aromatic rings. The molecule has 3 aliphatic rings. The minimum absolute atomic E-state index is 0.0371. The van der Waals surface area contributed by atoms with Crippen LogP contribution in [0.5, 0.6) is 0 Å². The Morgan fingerprint density at radius 2 is 1.83 bits per heavy atom. The minimum atomic E-state index is -0.103. The average Bonchev–Trinajstić information content (AvgIpc) is 2.93. The number of carbonyl (C=O) groups excluding carboxylic acids is 1. The second-order valence-corrected chi connectivity index (χ2v) is 6.19. The quantitative estimate of drug-likeness (QED) is 0.758. The van der Waals surface area contributed by atoms with Crippen molar-refractivity contribution < 1.29 is 14.3 Å². The van der Waals surface area contributed by atoms with Gasteiger partial charge in [-0.15, -0.1) is 0 Å². The van der Waals surface area contributed by atoms with Gasteiger partial charge >= 0.3 is 0 Å². The summed E-state index contributed by atoms with van der Waals surface area (Å²) in [7, 11) is 0. The topological polar surface area (TPSA) is 35.5 Å². The highest BCUT2D eigenvalue weighted by Gasteiger charge is 2.42. The average molecular weight is 252 g/mol. The Morgan fingerprint density at radius 1 is 1.00 bits per heavy atom. The first-order chi connectivity index (χ1) is 8.79. The van der Waals surface area contributed by atoms with Crippen LogP contribution in [0.4, 0.5) is 0 Å². The largest absolute Gasteiger partial charge is 0.375 e. The van der Waals surface area contributed by atoms with E-state index in [0.29, 0.717) is 5.78 Å². The molecule has 0 aromatic heterocycles. The molecular weight excluding hydrogens is 228 g/mol. The van der Waals surface area contributed by atoms with E-state index in [4.69, 9.17) is 9.47 Å². The van der Waals surface area contributed by atoms with Gasteiger partial charge in [0.25, 0.3) is 0 Å². The van der Waals surface area contributed by atoms with Crippen LogP contribution in [0.15, 0.2) is 0 Å². The van der Waals surface area contributed by atoms with Gasteiger partial charge in [0.05, 0.1) is 5.60 Å². The standard InChI is InChI=1S/C15H24O3/c16-14(13-5-4-9-17-13)12-6-10-18-15(11-12)7-2-1-3-8-15/h12-13H,1-11H2. The molecule has 1 spiro atoms. The van der Waals surface area contributed by atoms with Crippen LogP contribution in [0.1, 0.15) is 57.8 Å². The molecule has 2 aliphatic heterocycles. The van der Waals surface area contributed by atoms with Gasteiger partial charge in [0.15, 0.2) is 5.78 Å². The Hall–Kier alpha value is -0.410. The van der Waals surface area contributed by atoms with E-state index in [1.807, 2.05) is 0 Å². The van der Waals surface area contributed by atoms with Crippen molar-refractivity contribution in [3.8, 4) is 0 Å². The maximum Gasteiger partial charge on any atom is 0.164 e. The predicted molar refractivity (Wildman–Crippen MR) is 68.5 cm³/mol. The van der Waals surface area contributed by atoms with Crippen LogP contribution in [0.25, 0.3) is 0 Å². The summed E-state index contributed by atoms with van der Waals surface area (Å²) >= 11 is 0. The Balaban J connectivity index is 1.64. The highest BCUT2D eigenvalue weighted by atomic mass is 16.5. The zero-order valence-electron chi connectivity index (χ0n) is 11.2. The van der Waals surface area contributed by atoms with Gasteiger partial charge in [-0.25, -0.2) is 0 Å². The molecule has 0 radical (unpaired) electrons. The molecule has 2 unspecified atom stereocenters. The first-order valence-electron chi connectivity index (χ1n) is 7.58. The van der Waals surface area contributed by atoms with Gasteiger partial charge in [-0.2, -0.15) is 0 Å². The fourth-order valence-corrected chi connectivity index (χ4v) is 3.88. The van der Waals surface area contributed by atoms with Crippen molar-refractivity contribution in [3.63, 3.8) is 0 Å².